The molecule has 0 radical (unpaired) electrons. The summed E-state index contributed by atoms with van der Waals surface area (Å²) in [5, 5.41) is 14.2. The van der Waals surface area contributed by atoms with Gasteiger partial charge in [0.05, 0.1) is 5.54 Å². The maximum atomic E-state index is 11.5. The molecule has 18 heavy (non-hydrogen) atoms. The average Bonchev–Trinajstić information content (AvgIpc) is 3.07. The monoisotopic (exact) mass is 268 g/mol. The van der Waals surface area contributed by atoms with Gasteiger partial charge in [0.15, 0.2) is 0 Å². The minimum Gasteiger partial charge on any atom is -0.480 e. The highest BCUT2D eigenvalue weighted by atomic mass is 35.5. The molecule has 1 aliphatic rings. The lowest BCUT2D eigenvalue weighted by Gasteiger charge is -2.18. The van der Waals surface area contributed by atoms with Gasteiger partial charge in [-0.25, -0.2) is 4.79 Å². The molecule has 0 aromatic heterocycles. The Morgan fingerprint density at radius 3 is 2.67 bits per heavy atom. The second-order valence-electron chi connectivity index (χ2n) is 4.29. The van der Waals surface area contributed by atoms with E-state index in [9.17, 15) is 9.59 Å². The maximum absolute atomic E-state index is 11.5. The molecule has 0 spiro atoms. The largest absolute Gasteiger partial charge is 0.480 e. The quantitative estimate of drug-likeness (QED) is 0.778. The van der Waals surface area contributed by atoms with Gasteiger partial charge in [0, 0.05) is 5.02 Å². The lowest BCUT2D eigenvalue weighted by molar-refractivity contribution is -0.135. The van der Waals surface area contributed by atoms with E-state index in [-0.39, 0.29) is 0 Å². The molecule has 1 saturated carbocycles. The summed E-state index contributed by atoms with van der Waals surface area (Å²) in [6, 6.07) is 6.83. The summed E-state index contributed by atoms with van der Waals surface area (Å²) in [7, 11) is 0. The van der Waals surface area contributed by atoms with Crippen molar-refractivity contribution in [1.82, 2.24) is 10.6 Å². The molecule has 1 aliphatic carbocycles. The summed E-state index contributed by atoms with van der Waals surface area (Å²) in [5.41, 5.74) is 0.550. The van der Waals surface area contributed by atoms with E-state index in [0.29, 0.717) is 5.02 Å². The first-order chi connectivity index (χ1) is 8.52. The number of aliphatic carboxylic acids is 1. The van der Waals surface area contributed by atoms with E-state index >= 15 is 0 Å². The molecule has 0 atom stereocenters. The third kappa shape index (κ3) is 2.92. The van der Waals surface area contributed by atoms with Gasteiger partial charge in [0.1, 0.15) is 6.54 Å². The molecular weight excluding hydrogens is 256 g/mol. The van der Waals surface area contributed by atoms with Gasteiger partial charge in [-0.15, -0.1) is 0 Å². The number of carbonyl (C=O) groups is 2. The smallest absolute Gasteiger partial charge is 0.323 e. The van der Waals surface area contributed by atoms with Crippen LogP contribution in [-0.4, -0.2) is 23.7 Å². The zero-order valence-electron chi connectivity index (χ0n) is 9.57. The summed E-state index contributed by atoms with van der Waals surface area (Å²) in [6.45, 7) is -0.391. The fourth-order valence-corrected chi connectivity index (χ4v) is 2.00. The Labute approximate surface area is 109 Å². The van der Waals surface area contributed by atoms with E-state index < -0.39 is 24.1 Å². The number of rotatable bonds is 4. The first-order valence-corrected chi connectivity index (χ1v) is 5.93. The van der Waals surface area contributed by atoms with Crippen molar-refractivity contribution >= 4 is 23.6 Å². The van der Waals surface area contributed by atoms with Crippen molar-refractivity contribution in [2.75, 3.05) is 6.54 Å². The molecule has 3 N–H and O–H groups in total. The summed E-state index contributed by atoms with van der Waals surface area (Å²) < 4.78 is 0. The van der Waals surface area contributed by atoms with Gasteiger partial charge in [-0.05, 0) is 30.5 Å². The van der Waals surface area contributed by atoms with Crippen LogP contribution in [0.1, 0.15) is 18.4 Å². The number of carboxylic acids is 1. The molecule has 0 heterocycles. The highest BCUT2D eigenvalue weighted by Gasteiger charge is 2.45. The van der Waals surface area contributed by atoms with Crippen molar-refractivity contribution in [3.05, 3.63) is 34.9 Å². The van der Waals surface area contributed by atoms with E-state index in [0.717, 1.165) is 18.4 Å². The van der Waals surface area contributed by atoms with Crippen LogP contribution in [0.25, 0.3) is 0 Å². The van der Waals surface area contributed by atoms with Crippen LogP contribution in [0.4, 0.5) is 4.79 Å². The fourth-order valence-electron chi connectivity index (χ4n) is 1.81. The van der Waals surface area contributed by atoms with E-state index in [2.05, 4.69) is 10.6 Å². The minimum absolute atomic E-state index is 0.391. The third-order valence-corrected chi connectivity index (χ3v) is 3.12. The van der Waals surface area contributed by atoms with E-state index in [1.165, 1.54) is 0 Å². The Bertz CT molecular complexity index is 486. The van der Waals surface area contributed by atoms with Crippen molar-refractivity contribution in [2.45, 2.75) is 18.4 Å². The molecule has 0 unspecified atom stereocenters. The summed E-state index contributed by atoms with van der Waals surface area (Å²) >= 11 is 5.91. The SMILES string of the molecule is O=C(O)CNC(=O)NC1(c2cccc(Cl)c2)CC1. The molecule has 2 amide bonds. The van der Waals surface area contributed by atoms with Crippen LogP contribution < -0.4 is 10.6 Å². The maximum Gasteiger partial charge on any atom is 0.323 e. The van der Waals surface area contributed by atoms with Gasteiger partial charge in [-0.1, -0.05) is 23.7 Å². The third-order valence-electron chi connectivity index (χ3n) is 2.88. The standard InChI is InChI=1S/C12H13ClN2O3/c13-9-3-1-2-8(6-9)12(4-5-12)15-11(18)14-7-10(16)17/h1-3,6H,4-5,7H2,(H,16,17)(H2,14,15,18). The van der Waals surface area contributed by atoms with Crippen molar-refractivity contribution < 1.29 is 14.7 Å². The van der Waals surface area contributed by atoms with Gasteiger partial charge < -0.3 is 15.7 Å². The molecule has 2 rings (SSSR count). The Morgan fingerprint density at radius 2 is 2.11 bits per heavy atom. The van der Waals surface area contributed by atoms with E-state index in [1.54, 1.807) is 6.07 Å². The van der Waals surface area contributed by atoms with Crippen molar-refractivity contribution in [1.29, 1.82) is 0 Å². The second-order valence-corrected chi connectivity index (χ2v) is 4.73. The molecule has 1 fully saturated rings. The lowest BCUT2D eigenvalue weighted by atomic mass is 10.1. The number of nitrogens with one attached hydrogen (secondary N) is 2. The van der Waals surface area contributed by atoms with Crippen LogP contribution in [0.15, 0.2) is 24.3 Å². The van der Waals surface area contributed by atoms with Crippen LogP contribution in [0, 0.1) is 0 Å². The minimum atomic E-state index is -1.07. The first-order valence-electron chi connectivity index (χ1n) is 5.56. The number of amides is 2. The normalized spacial score (nSPS) is 15.8. The van der Waals surface area contributed by atoms with Crippen molar-refractivity contribution in [3.63, 3.8) is 0 Å². The Balaban J connectivity index is 2.00. The van der Waals surface area contributed by atoms with Crippen LogP contribution in [0.5, 0.6) is 0 Å². The van der Waals surface area contributed by atoms with Gasteiger partial charge in [0.2, 0.25) is 0 Å². The van der Waals surface area contributed by atoms with Gasteiger partial charge in [-0.2, -0.15) is 0 Å². The molecule has 0 aliphatic heterocycles. The highest BCUT2D eigenvalue weighted by molar-refractivity contribution is 6.30. The number of hydrogen-bond donors (Lipinski definition) is 3. The lowest BCUT2D eigenvalue weighted by Crippen LogP contribution is -2.43. The number of carbonyl (C=O) groups excluding carboxylic acids is 1. The van der Waals surface area contributed by atoms with Crippen molar-refractivity contribution in [3.8, 4) is 0 Å². The number of urea groups is 1. The number of halogens is 1. The van der Waals surface area contributed by atoms with E-state index in [1.807, 2.05) is 18.2 Å². The number of carboxylic acid groups (broad SMARTS) is 1. The first kappa shape index (κ1) is 12.7. The fraction of sp³-hybridized carbons (Fsp3) is 0.333. The van der Waals surface area contributed by atoms with E-state index in [4.69, 9.17) is 16.7 Å². The Hall–Kier alpha value is -1.75. The predicted molar refractivity (Wildman–Crippen MR) is 66.5 cm³/mol. The molecular formula is C12H13ClN2O3. The topological polar surface area (TPSA) is 78.4 Å². The summed E-state index contributed by atoms with van der Waals surface area (Å²) in [5.74, 6) is -1.07. The molecule has 96 valence electrons. The zero-order valence-corrected chi connectivity index (χ0v) is 10.3. The molecule has 0 bridgehead atoms. The molecule has 5 nitrogen and oxygen atoms in total. The Kier molecular flexibility index (Phi) is 3.43. The van der Waals surface area contributed by atoms with Crippen LogP contribution in [0.2, 0.25) is 5.02 Å². The molecule has 1 aromatic carbocycles. The van der Waals surface area contributed by atoms with Crippen molar-refractivity contribution in [2.24, 2.45) is 0 Å². The number of benzene rings is 1. The molecule has 0 saturated heterocycles. The molecule has 6 heteroatoms. The van der Waals surface area contributed by atoms with Crippen LogP contribution in [-0.2, 0) is 10.3 Å². The number of hydrogen-bond acceptors (Lipinski definition) is 2. The van der Waals surface area contributed by atoms with Gasteiger partial charge >= 0.3 is 12.0 Å². The predicted octanol–water partition coefficient (Wildman–Crippen LogP) is 1.71. The summed E-state index contributed by atoms with van der Waals surface area (Å²) in [6.07, 6.45) is 1.65. The highest BCUT2D eigenvalue weighted by Crippen LogP contribution is 2.45. The zero-order chi connectivity index (χ0) is 13.2. The van der Waals surface area contributed by atoms with Gasteiger partial charge in [0.25, 0.3) is 0 Å². The van der Waals surface area contributed by atoms with Gasteiger partial charge in [-0.3, -0.25) is 4.79 Å². The van der Waals surface area contributed by atoms with Crippen LogP contribution >= 0.6 is 11.6 Å². The summed E-state index contributed by atoms with van der Waals surface area (Å²) in [4.78, 5) is 21.9. The Morgan fingerprint density at radius 1 is 1.39 bits per heavy atom. The second kappa shape index (κ2) is 4.86. The molecule has 1 aromatic rings. The average molecular weight is 269 g/mol. The van der Waals surface area contributed by atoms with Crippen LogP contribution in [0.3, 0.4) is 0 Å².